The van der Waals surface area contributed by atoms with E-state index in [1.54, 1.807) is 13.4 Å². The molecule has 0 radical (unpaired) electrons. The molecule has 3 rings (SSSR count). The van der Waals surface area contributed by atoms with Crippen molar-refractivity contribution in [1.29, 1.82) is 0 Å². The first kappa shape index (κ1) is 22.5. The number of aromatic nitrogens is 1. The van der Waals surface area contributed by atoms with Gasteiger partial charge in [0, 0.05) is 58.3 Å². The van der Waals surface area contributed by atoms with Gasteiger partial charge in [-0.25, -0.2) is 0 Å². The summed E-state index contributed by atoms with van der Waals surface area (Å²) in [5.74, 6) is 2.22. The summed E-state index contributed by atoms with van der Waals surface area (Å²) in [7, 11) is 3.56. The van der Waals surface area contributed by atoms with Crippen molar-refractivity contribution in [2.24, 2.45) is 4.99 Å². The second-order valence-electron chi connectivity index (χ2n) is 6.83. The van der Waals surface area contributed by atoms with Crippen molar-refractivity contribution in [2.45, 2.75) is 19.4 Å². The number of halogens is 1. The van der Waals surface area contributed by atoms with Gasteiger partial charge in [-0.15, -0.1) is 24.0 Å². The molecule has 1 atom stereocenters. The van der Waals surface area contributed by atoms with Crippen LogP contribution in [0.4, 0.5) is 0 Å². The molecule has 0 bridgehead atoms. The minimum Gasteiger partial charge on any atom is -0.496 e. The SMILES string of the molecule is CN=C(NCC(C)c1ccccc1OC)N1CCN(Cc2ccon2)CC1.I. The van der Waals surface area contributed by atoms with Crippen LogP contribution in [0, 0.1) is 0 Å². The lowest BCUT2D eigenvalue weighted by atomic mass is 10.0. The molecule has 0 amide bonds. The number of hydrogen-bond acceptors (Lipinski definition) is 5. The van der Waals surface area contributed by atoms with Gasteiger partial charge in [0.1, 0.15) is 12.0 Å². The van der Waals surface area contributed by atoms with Crippen molar-refractivity contribution in [3.05, 3.63) is 47.9 Å². The molecule has 0 spiro atoms. The molecule has 1 unspecified atom stereocenters. The molecule has 1 aliphatic rings. The molecule has 1 N–H and O–H groups in total. The summed E-state index contributed by atoms with van der Waals surface area (Å²) in [4.78, 5) is 9.18. The quantitative estimate of drug-likeness (QED) is 0.375. The van der Waals surface area contributed by atoms with Crippen LogP contribution in [0.2, 0.25) is 0 Å². The van der Waals surface area contributed by atoms with Crippen LogP contribution in [0.1, 0.15) is 24.1 Å². The maximum absolute atomic E-state index is 5.48. The number of rotatable bonds is 6. The Bertz CT molecular complexity index is 730. The zero-order valence-electron chi connectivity index (χ0n) is 16.8. The van der Waals surface area contributed by atoms with Gasteiger partial charge in [-0.2, -0.15) is 0 Å². The molecule has 8 heteroatoms. The third-order valence-corrected chi connectivity index (χ3v) is 5.00. The average Bonchev–Trinajstić information content (AvgIpc) is 3.22. The maximum Gasteiger partial charge on any atom is 0.193 e. The van der Waals surface area contributed by atoms with Crippen LogP contribution in [0.15, 0.2) is 46.1 Å². The number of benzene rings is 1. The summed E-state index contributed by atoms with van der Waals surface area (Å²) in [6.45, 7) is 7.70. The summed E-state index contributed by atoms with van der Waals surface area (Å²) in [6, 6.07) is 10.1. The molecule has 1 aliphatic heterocycles. The van der Waals surface area contributed by atoms with Crippen molar-refractivity contribution in [3.8, 4) is 5.75 Å². The Balaban J connectivity index is 0.00000280. The van der Waals surface area contributed by atoms with E-state index >= 15 is 0 Å². The summed E-state index contributed by atoms with van der Waals surface area (Å²) in [5.41, 5.74) is 2.19. The predicted octanol–water partition coefficient (Wildman–Crippen LogP) is 2.80. The molecule has 1 aromatic heterocycles. The monoisotopic (exact) mass is 499 g/mol. The smallest absolute Gasteiger partial charge is 0.193 e. The molecule has 2 heterocycles. The van der Waals surface area contributed by atoms with Crippen LogP contribution < -0.4 is 10.1 Å². The third-order valence-electron chi connectivity index (χ3n) is 5.00. The fourth-order valence-electron chi connectivity index (χ4n) is 3.43. The van der Waals surface area contributed by atoms with Crippen molar-refractivity contribution < 1.29 is 9.26 Å². The van der Waals surface area contributed by atoms with E-state index in [2.05, 4.69) is 44.3 Å². The van der Waals surface area contributed by atoms with Crippen molar-refractivity contribution in [3.63, 3.8) is 0 Å². The highest BCUT2D eigenvalue weighted by Gasteiger charge is 2.21. The lowest BCUT2D eigenvalue weighted by Crippen LogP contribution is -2.52. The van der Waals surface area contributed by atoms with Gasteiger partial charge in [0.15, 0.2) is 5.96 Å². The number of methoxy groups -OCH3 is 1. The zero-order valence-corrected chi connectivity index (χ0v) is 19.1. The maximum atomic E-state index is 5.48. The number of nitrogens with one attached hydrogen (secondary N) is 1. The first-order chi connectivity index (χ1) is 13.2. The van der Waals surface area contributed by atoms with E-state index in [1.807, 2.05) is 25.2 Å². The molecule has 154 valence electrons. The number of piperazine rings is 1. The molecule has 1 fully saturated rings. The summed E-state index contributed by atoms with van der Waals surface area (Å²) < 4.78 is 10.4. The summed E-state index contributed by atoms with van der Waals surface area (Å²) in [6.07, 6.45) is 1.63. The van der Waals surface area contributed by atoms with Crippen molar-refractivity contribution >= 4 is 29.9 Å². The summed E-state index contributed by atoms with van der Waals surface area (Å²) in [5, 5.41) is 7.52. The second kappa shape index (κ2) is 11.3. The molecule has 1 saturated heterocycles. The highest BCUT2D eigenvalue weighted by molar-refractivity contribution is 14.0. The standard InChI is InChI=1S/C20H29N5O2.HI/c1-16(18-6-4-5-7-19(18)26-3)14-22-20(21-2)25-11-9-24(10-12-25)15-17-8-13-27-23-17;/h4-8,13,16H,9-12,14-15H2,1-3H3,(H,21,22);1H. The number of hydrogen-bond donors (Lipinski definition) is 1. The number of nitrogens with zero attached hydrogens (tertiary/aromatic N) is 4. The van der Waals surface area contributed by atoms with Gasteiger partial charge in [0.2, 0.25) is 0 Å². The number of guanidine groups is 1. The highest BCUT2D eigenvalue weighted by Crippen LogP contribution is 2.25. The van der Waals surface area contributed by atoms with Gasteiger partial charge < -0.3 is 19.5 Å². The predicted molar refractivity (Wildman–Crippen MR) is 122 cm³/mol. The van der Waals surface area contributed by atoms with Crippen molar-refractivity contribution in [1.82, 2.24) is 20.3 Å². The Kier molecular flexibility index (Phi) is 9.04. The lowest BCUT2D eigenvalue weighted by molar-refractivity contribution is 0.169. The Morgan fingerprint density at radius 3 is 2.64 bits per heavy atom. The van der Waals surface area contributed by atoms with Gasteiger partial charge in [-0.1, -0.05) is 30.3 Å². The van der Waals surface area contributed by atoms with Crippen LogP contribution in [0.5, 0.6) is 5.75 Å². The largest absolute Gasteiger partial charge is 0.496 e. The van der Waals surface area contributed by atoms with E-state index in [9.17, 15) is 0 Å². The van der Waals surface area contributed by atoms with Gasteiger partial charge in [-0.3, -0.25) is 9.89 Å². The van der Waals surface area contributed by atoms with E-state index < -0.39 is 0 Å². The normalized spacial score (nSPS) is 16.4. The fraction of sp³-hybridized carbons (Fsp3) is 0.500. The molecular weight excluding hydrogens is 469 g/mol. The van der Waals surface area contributed by atoms with E-state index in [4.69, 9.17) is 9.26 Å². The average molecular weight is 499 g/mol. The topological polar surface area (TPSA) is 66.1 Å². The first-order valence-corrected chi connectivity index (χ1v) is 9.41. The van der Waals surface area contributed by atoms with Gasteiger partial charge in [0.25, 0.3) is 0 Å². The van der Waals surface area contributed by atoms with Gasteiger partial charge >= 0.3 is 0 Å². The molecule has 0 saturated carbocycles. The van der Waals surface area contributed by atoms with Gasteiger partial charge in [-0.05, 0) is 11.6 Å². The number of ether oxygens (including phenoxy) is 1. The number of aliphatic imine (C=N–C) groups is 1. The Hall–Kier alpha value is -1.81. The van der Waals surface area contributed by atoms with E-state index in [0.29, 0.717) is 5.92 Å². The molecule has 0 aliphatic carbocycles. The van der Waals surface area contributed by atoms with E-state index in [1.165, 1.54) is 5.56 Å². The van der Waals surface area contributed by atoms with E-state index in [0.717, 1.165) is 56.7 Å². The minimum absolute atomic E-state index is 0. The lowest BCUT2D eigenvalue weighted by Gasteiger charge is -2.36. The molecule has 2 aromatic rings. The Morgan fingerprint density at radius 1 is 1.25 bits per heavy atom. The molecule has 7 nitrogen and oxygen atoms in total. The summed E-state index contributed by atoms with van der Waals surface area (Å²) >= 11 is 0. The zero-order chi connectivity index (χ0) is 19.1. The van der Waals surface area contributed by atoms with Crippen LogP contribution in [-0.2, 0) is 6.54 Å². The van der Waals surface area contributed by atoms with Crippen LogP contribution in [0.3, 0.4) is 0 Å². The minimum atomic E-state index is 0. The van der Waals surface area contributed by atoms with Crippen molar-refractivity contribution in [2.75, 3.05) is 46.9 Å². The molecule has 28 heavy (non-hydrogen) atoms. The first-order valence-electron chi connectivity index (χ1n) is 9.41. The van der Waals surface area contributed by atoms with Crippen LogP contribution >= 0.6 is 24.0 Å². The van der Waals surface area contributed by atoms with Gasteiger partial charge in [0.05, 0.1) is 12.8 Å². The van der Waals surface area contributed by atoms with E-state index in [-0.39, 0.29) is 24.0 Å². The number of para-hydroxylation sites is 1. The Morgan fingerprint density at radius 2 is 2.00 bits per heavy atom. The fourth-order valence-corrected chi connectivity index (χ4v) is 3.43. The second-order valence-corrected chi connectivity index (χ2v) is 6.83. The van der Waals surface area contributed by atoms with Crippen LogP contribution in [0.25, 0.3) is 0 Å². The molecular formula is C20H30IN5O2. The Labute approximate surface area is 184 Å². The molecule has 1 aromatic carbocycles. The van der Waals surface area contributed by atoms with Crippen LogP contribution in [-0.4, -0.2) is 67.8 Å². The third kappa shape index (κ3) is 5.84. The highest BCUT2D eigenvalue weighted by atomic mass is 127.